The van der Waals surface area contributed by atoms with Gasteiger partial charge in [-0.15, -0.1) is 0 Å². The van der Waals surface area contributed by atoms with Gasteiger partial charge in [0.1, 0.15) is 0 Å². The number of carbonyl (C=O) groups excluding carboxylic acids is 1. The van der Waals surface area contributed by atoms with Crippen LogP contribution in [-0.2, 0) is 0 Å². The quantitative estimate of drug-likeness (QED) is 0.617. The highest BCUT2D eigenvalue weighted by Gasteiger charge is 2.23. The van der Waals surface area contributed by atoms with E-state index in [2.05, 4.69) is 11.2 Å². The van der Waals surface area contributed by atoms with Crippen molar-refractivity contribution in [2.45, 2.75) is 40.7 Å². The zero-order valence-electron chi connectivity index (χ0n) is 17.7. The van der Waals surface area contributed by atoms with Crippen LogP contribution in [0.2, 0.25) is 0 Å². The maximum Gasteiger partial charge on any atom is 0.254 e. The average Bonchev–Trinajstić information content (AvgIpc) is 3.15. The first-order chi connectivity index (χ1) is 13.9. The summed E-state index contributed by atoms with van der Waals surface area (Å²) in [4.78, 5) is 20.0. The van der Waals surface area contributed by atoms with Crippen molar-refractivity contribution in [2.75, 3.05) is 13.1 Å². The van der Waals surface area contributed by atoms with Gasteiger partial charge in [0.15, 0.2) is 5.65 Å². The molecule has 150 valence electrons. The van der Waals surface area contributed by atoms with Gasteiger partial charge < -0.3 is 4.90 Å². The van der Waals surface area contributed by atoms with Crippen molar-refractivity contribution in [3.05, 3.63) is 47.7 Å². The second kappa shape index (κ2) is 8.44. The molecule has 0 radical (unpaired) electrons. The predicted molar refractivity (Wildman–Crippen MR) is 114 cm³/mol. The summed E-state index contributed by atoms with van der Waals surface area (Å²) in [6.07, 6.45) is 1.72. The number of nitrogens with zero attached hydrogens (tertiary/aromatic N) is 5. The average molecular weight is 390 g/mol. The summed E-state index contributed by atoms with van der Waals surface area (Å²) in [5.41, 5.74) is 4.12. The van der Waals surface area contributed by atoms with Crippen molar-refractivity contribution in [1.82, 2.24) is 19.7 Å². The Kier molecular flexibility index (Phi) is 5.97. The number of aryl methyl sites for hydroxylation is 1. The van der Waals surface area contributed by atoms with E-state index in [0.29, 0.717) is 24.3 Å². The molecule has 1 unspecified atom stereocenters. The Labute approximate surface area is 171 Å². The van der Waals surface area contributed by atoms with Crippen LogP contribution in [-0.4, -0.2) is 38.7 Å². The molecular weight excluding hydrogens is 362 g/mol. The minimum atomic E-state index is -0.231. The third-order valence-corrected chi connectivity index (χ3v) is 5.09. The van der Waals surface area contributed by atoms with Gasteiger partial charge in [-0.05, 0) is 46.2 Å². The summed E-state index contributed by atoms with van der Waals surface area (Å²) in [7, 11) is 0. The van der Waals surface area contributed by atoms with Gasteiger partial charge in [0.2, 0.25) is 0 Å². The highest BCUT2D eigenvalue weighted by Crippen LogP contribution is 2.29. The van der Waals surface area contributed by atoms with Crippen molar-refractivity contribution in [3.63, 3.8) is 0 Å². The number of hydrogen-bond donors (Lipinski definition) is 0. The van der Waals surface area contributed by atoms with Gasteiger partial charge >= 0.3 is 0 Å². The Hall–Kier alpha value is -3.20. The molecule has 0 saturated carbocycles. The molecule has 6 heteroatoms. The number of benzene rings is 1. The molecule has 0 bridgehead atoms. The first kappa shape index (κ1) is 20.5. The highest BCUT2D eigenvalue weighted by atomic mass is 16.2. The Bertz CT molecular complexity index is 1080. The van der Waals surface area contributed by atoms with Gasteiger partial charge in [-0.2, -0.15) is 10.4 Å². The van der Waals surface area contributed by atoms with Crippen LogP contribution < -0.4 is 0 Å². The van der Waals surface area contributed by atoms with Crippen molar-refractivity contribution in [1.29, 1.82) is 5.26 Å². The summed E-state index contributed by atoms with van der Waals surface area (Å²) < 4.78 is 1.85. The standard InChI is InChI=1S/C23H27N5O/c1-6-27(14-16(4)12-24)23(29)19-11-21(18-10-8-7-9-17(18)5)26-22-20(19)13-25-28(22)15(2)3/h7-11,13,15-16H,6,14H2,1-5H3. The van der Waals surface area contributed by atoms with E-state index < -0.39 is 0 Å². The molecule has 2 aromatic heterocycles. The molecule has 6 nitrogen and oxygen atoms in total. The molecule has 0 aliphatic carbocycles. The maximum absolute atomic E-state index is 13.4. The molecule has 1 aromatic carbocycles. The SMILES string of the molecule is CCN(CC(C)C#N)C(=O)c1cc(-c2ccccc2C)nc2c1cnn2C(C)C. The van der Waals surface area contributed by atoms with Crippen LogP contribution in [0.15, 0.2) is 36.5 Å². The molecule has 0 fully saturated rings. The Balaban J connectivity index is 2.21. The van der Waals surface area contributed by atoms with Gasteiger partial charge in [-0.3, -0.25) is 4.79 Å². The molecular formula is C23H27N5O. The monoisotopic (exact) mass is 389 g/mol. The van der Waals surface area contributed by atoms with Gasteiger partial charge in [0.05, 0.1) is 34.8 Å². The van der Waals surface area contributed by atoms with Crippen LogP contribution in [0.25, 0.3) is 22.3 Å². The number of pyridine rings is 1. The zero-order chi connectivity index (χ0) is 21.1. The molecule has 0 saturated heterocycles. The van der Waals surface area contributed by atoms with E-state index in [4.69, 9.17) is 4.98 Å². The lowest BCUT2D eigenvalue weighted by Crippen LogP contribution is -2.34. The van der Waals surface area contributed by atoms with Crippen LogP contribution in [0.1, 0.15) is 49.7 Å². The van der Waals surface area contributed by atoms with Crippen LogP contribution in [0, 0.1) is 24.2 Å². The third-order valence-electron chi connectivity index (χ3n) is 5.09. The van der Waals surface area contributed by atoms with Crippen molar-refractivity contribution < 1.29 is 4.79 Å². The fourth-order valence-electron chi connectivity index (χ4n) is 3.47. The van der Waals surface area contributed by atoms with Gasteiger partial charge in [-0.25, -0.2) is 9.67 Å². The summed E-state index contributed by atoms with van der Waals surface area (Å²) in [5, 5.41) is 14.4. The summed E-state index contributed by atoms with van der Waals surface area (Å²) in [6, 6.07) is 12.2. The van der Waals surface area contributed by atoms with Crippen LogP contribution in [0.5, 0.6) is 0 Å². The Morgan fingerprint density at radius 3 is 2.62 bits per heavy atom. The van der Waals surface area contributed by atoms with Crippen molar-refractivity contribution >= 4 is 16.9 Å². The van der Waals surface area contributed by atoms with Crippen LogP contribution in [0.4, 0.5) is 0 Å². The first-order valence-electron chi connectivity index (χ1n) is 10.0. The second-order valence-electron chi connectivity index (χ2n) is 7.66. The van der Waals surface area contributed by atoms with Crippen molar-refractivity contribution in [2.24, 2.45) is 5.92 Å². The summed E-state index contributed by atoms with van der Waals surface area (Å²) in [6.45, 7) is 10.8. The number of aromatic nitrogens is 3. The summed E-state index contributed by atoms with van der Waals surface area (Å²) >= 11 is 0. The van der Waals surface area contributed by atoms with Crippen LogP contribution in [0.3, 0.4) is 0 Å². The topological polar surface area (TPSA) is 74.8 Å². The van der Waals surface area contributed by atoms with Gasteiger partial charge in [0, 0.05) is 24.7 Å². The molecule has 1 amide bonds. The van der Waals surface area contributed by atoms with Crippen LogP contribution >= 0.6 is 0 Å². The lowest BCUT2D eigenvalue weighted by Gasteiger charge is -2.22. The normalized spacial score (nSPS) is 12.2. The van der Waals surface area contributed by atoms with E-state index in [-0.39, 0.29) is 17.9 Å². The molecule has 29 heavy (non-hydrogen) atoms. The van der Waals surface area contributed by atoms with E-state index in [1.54, 1.807) is 11.1 Å². The number of hydrogen-bond acceptors (Lipinski definition) is 4. The maximum atomic E-state index is 13.4. The van der Waals surface area contributed by atoms with E-state index in [1.165, 1.54) is 0 Å². The fourth-order valence-corrected chi connectivity index (χ4v) is 3.47. The lowest BCUT2D eigenvalue weighted by atomic mass is 10.0. The van der Waals surface area contributed by atoms with E-state index in [1.807, 2.05) is 69.6 Å². The number of fused-ring (bicyclic) bond motifs is 1. The largest absolute Gasteiger partial charge is 0.338 e. The van der Waals surface area contributed by atoms with E-state index in [0.717, 1.165) is 22.2 Å². The minimum absolute atomic E-state index is 0.0971. The molecule has 2 heterocycles. The second-order valence-corrected chi connectivity index (χ2v) is 7.66. The fraction of sp³-hybridized carbons (Fsp3) is 0.391. The molecule has 0 spiro atoms. The van der Waals surface area contributed by atoms with E-state index in [9.17, 15) is 10.1 Å². The van der Waals surface area contributed by atoms with Gasteiger partial charge in [-0.1, -0.05) is 24.3 Å². The number of carbonyl (C=O) groups is 1. The number of nitriles is 1. The summed E-state index contributed by atoms with van der Waals surface area (Å²) in [5.74, 6) is -0.328. The molecule has 3 rings (SSSR count). The predicted octanol–water partition coefficient (Wildman–Crippen LogP) is 4.61. The van der Waals surface area contributed by atoms with E-state index >= 15 is 0 Å². The smallest absolute Gasteiger partial charge is 0.254 e. The first-order valence-corrected chi connectivity index (χ1v) is 10.0. The Morgan fingerprint density at radius 1 is 1.28 bits per heavy atom. The molecule has 0 aliphatic heterocycles. The number of amides is 1. The van der Waals surface area contributed by atoms with Gasteiger partial charge in [0.25, 0.3) is 5.91 Å². The molecule has 0 aliphatic rings. The number of rotatable bonds is 6. The highest BCUT2D eigenvalue weighted by molar-refractivity contribution is 6.06. The molecule has 0 N–H and O–H groups in total. The third kappa shape index (κ3) is 4.00. The Morgan fingerprint density at radius 2 is 2.00 bits per heavy atom. The van der Waals surface area contributed by atoms with Crippen molar-refractivity contribution in [3.8, 4) is 17.3 Å². The molecule has 3 aromatic rings. The lowest BCUT2D eigenvalue weighted by molar-refractivity contribution is 0.0754. The zero-order valence-corrected chi connectivity index (χ0v) is 17.7. The minimum Gasteiger partial charge on any atom is -0.338 e. The molecule has 1 atom stereocenters.